The standard InChI is InChI=1S/C15H29N3O/c1-2-3-4-7-15(19)18-11-9-17(10-12-18)14-6-5-8-16-13-14/h14,16H,2-13H2,1H3. The molecule has 1 unspecified atom stereocenters. The second kappa shape index (κ2) is 7.85. The normalized spacial score (nSPS) is 25.5. The van der Waals surface area contributed by atoms with Gasteiger partial charge in [-0.25, -0.2) is 0 Å². The van der Waals surface area contributed by atoms with Crippen molar-refractivity contribution < 1.29 is 4.79 Å². The van der Waals surface area contributed by atoms with Crippen LogP contribution in [0.25, 0.3) is 0 Å². The van der Waals surface area contributed by atoms with E-state index in [2.05, 4.69) is 22.0 Å². The molecule has 110 valence electrons. The Hall–Kier alpha value is -0.610. The van der Waals surface area contributed by atoms with Gasteiger partial charge in [-0.2, -0.15) is 0 Å². The number of amides is 1. The molecular formula is C15H29N3O. The second-order valence-corrected chi connectivity index (χ2v) is 5.87. The number of carbonyl (C=O) groups is 1. The predicted octanol–water partition coefficient (Wildman–Crippen LogP) is 1.46. The number of piperidine rings is 1. The van der Waals surface area contributed by atoms with E-state index in [-0.39, 0.29) is 0 Å². The molecule has 1 atom stereocenters. The SMILES string of the molecule is CCCCCC(=O)N1CCN(C2CCCNC2)CC1. The van der Waals surface area contributed by atoms with Crippen LogP contribution in [0.2, 0.25) is 0 Å². The Morgan fingerprint density at radius 2 is 2.00 bits per heavy atom. The highest BCUT2D eigenvalue weighted by Gasteiger charge is 2.26. The summed E-state index contributed by atoms with van der Waals surface area (Å²) in [4.78, 5) is 16.7. The predicted molar refractivity (Wildman–Crippen MR) is 78.2 cm³/mol. The van der Waals surface area contributed by atoms with Gasteiger partial charge in [-0.05, 0) is 25.8 Å². The Balaban J connectivity index is 1.68. The molecule has 2 saturated heterocycles. The highest BCUT2D eigenvalue weighted by atomic mass is 16.2. The number of piperazine rings is 1. The summed E-state index contributed by atoms with van der Waals surface area (Å²) >= 11 is 0. The van der Waals surface area contributed by atoms with Crippen molar-refractivity contribution in [3.05, 3.63) is 0 Å². The fourth-order valence-electron chi connectivity index (χ4n) is 3.17. The van der Waals surface area contributed by atoms with Gasteiger partial charge >= 0.3 is 0 Å². The van der Waals surface area contributed by atoms with Gasteiger partial charge in [0.2, 0.25) is 5.91 Å². The third kappa shape index (κ3) is 4.46. The van der Waals surface area contributed by atoms with Gasteiger partial charge in [-0.15, -0.1) is 0 Å². The Bertz CT molecular complexity index is 269. The number of hydrogen-bond acceptors (Lipinski definition) is 3. The van der Waals surface area contributed by atoms with E-state index in [9.17, 15) is 4.79 Å². The summed E-state index contributed by atoms with van der Waals surface area (Å²) in [5.41, 5.74) is 0. The summed E-state index contributed by atoms with van der Waals surface area (Å²) < 4.78 is 0. The van der Waals surface area contributed by atoms with Crippen molar-refractivity contribution in [2.24, 2.45) is 0 Å². The van der Waals surface area contributed by atoms with E-state index in [1.54, 1.807) is 0 Å². The lowest BCUT2D eigenvalue weighted by molar-refractivity contribution is -0.133. The van der Waals surface area contributed by atoms with E-state index < -0.39 is 0 Å². The summed E-state index contributed by atoms with van der Waals surface area (Å²) in [5, 5.41) is 3.48. The summed E-state index contributed by atoms with van der Waals surface area (Å²) in [6.45, 7) is 8.47. The third-order valence-corrected chi connectivity index (χ3v) is 4.45. The maximum Gasteiger partial charge on any atom is 0.222 e. The van der Waals surface area contributed by atoms with Crippen LogP contribution in [-0.2, 0) is 4.79 Å². The molecule has 2 aliphatic heterocycles. The lowest BCUT2D eigenvalue weighted by Gasteiger charge is -2.40. The molecule has 2 fully saturated rings. The minimum Gasteiger partial charge on any atom is -0.340 e. The average Bonchev–Trinajstić information content (AvgIpc) is 2.48. The third-order valence-electron chi connectivity index (χ3n) is 4.45. The molecule has 0 aromatic heterocycles. The van der Waals surface area contributed by atoms with Crippen LogP contribution in [0.5, 0.6) is 0 Å². The molecule has 19 heavy (non-hydrogen) atoms. The van der Waals surface area contributed by atoms with Crippen molar-refractivity contribution in [2.75, 3.05) is 39.3 Å². The summed E-state index contributed by atoms with van der Waals surface area (Å²) in [5.74, 6) is 0.370. The zero-order chi connectivity index (χ0) is 13.5. The Labute approximate surface area is 117 Å². The monoisotopic (exact) mass is 267 g/mol. The number of nitrogens with zero attached hydrogens (tertiary/aromatic N) is 2. The lowest BCUT2D eigenvalue weighted by atomic mass is 10.0. The van der Waals surface area contributed by atoms with Crippen LogP contribution in [0, 0.1) is 0 Å². The van der Waals surface area contributed by atoms with E-state index in [0.29, 0.717) is 11.9 Å². The zero-order valence-electron chi connectivity index (χ0n) is 12.4. The molecule has 0 aliphatic carbocycles. The average molecular weight is 267 g/mol. The number of unbranched alkanes of at least 4 members (excludes halogenated alkanes) is 2. The molecule has 2 aliphatic rings. The van der Waals surface area contributed by atoms with Crippen LogP contribution in [0.4, 0.5) is 0 Å². The van der Waals surface area contributed by atoms with Crippen molar-refractivity contribution in [1.82, 2.24) is 15.1 Å². The highest BCUT2D eigenvalue weighted by molar-refractivity contribution is 5.76. The largest absolute Gasteiger partial charge is 0.340 e. The molecule has 0 aromatic carbocycles. The highest BCUT2D eigenvalue weighted by Crippen LogP contribution is 2.14. The summed E-state index contributed by atoms with van der Waals surface area (Å²) in [6.07, 6.45) is 6.79. The molecule has 4 heteroatoms. The number of rotatable bonds is 5. The van der Waals surface area contributed by atoms with Gasteiger partial charge in [-0.1, -0.05) is 19.8 Å². The Kier molecular flexibility index (Phi) is 6.11. The second-order valence-electron chi connectivity index (χ2n) is 5.87. The van der Waals surface area contributed by atoms with Crippen LogP contribution < -0.4 is 5.32 Å². The fraction of sp³-hybridized carbons (Fsp3) is 0.933. The van der Waals surface area contributed by atoms with Crippen molar-refractivity contribution >= 4 is 5.91 Å². The van der Waals surface area contributed by atoms with Gasteiger partial charge < -0.3 is 10.2 Å². The molecule has 2 rings (SSSR count). The smallest absolute Gasteiger partial charge is 0.222 e. The van der Waals surface area contributed by atoms with E-state index in [1.165, 1.54) is 32.2 Å². The quantitative estimate of drug-likeness (QED) is 0.766. The van der Waals surface area contributed by atoms with Gasteiger partial charge in [0.1, 0.15) is 0 Å². The molecule has 0 aromatic rings. The van der Waals surface area contributed by atoms with Gasteiger partial charge in [0, 0.05) is 45.2 Å². The first-order valence-corrected chi connectivity index (χ1v) is 8.04. The molecule has 2 heterocycles. The Morgan fingerprint density at radius 3 is 2.63 bits per heavy atom. The van der Waals surface area contributed by atoms with Crippen LogP contribution in [0.15, 0.2) is 0 Å². The first-order valence-electron chi connectivity index (χ1n) is 8.04. The zero-order valence-corrected chi connectivity index (χ0v) is 12.4. The van der Waals surface area contributed by atoms with E-state index in [1.807, 2.05) is 0 Å². The molecule has 4 nitrogen and oxygen atoms in total. The number of hydrogen-bond donors (Lipinski definition) is 1. The van der Waals surface area contributed by atoms with Crippen molar-refractivity contribution in [2.45, 2.75) is 51.5 Å². The van der Waals surface area contributed by atoms with Crippen molar-refractivity contribution in [3.63, 3.8) is 0 Å². The summed E-state index contributed by atoms with van der Waals surface area (Å²) in [7, 11) is 0. The first-order chi connectivity index (χ1) is 9.31. The molecule has 0 saturated carbocycles. The molecule has 0 bridgehead atoms. The number of carbonyl (C=O) groups excluding carboxylic acids is 1. The molecule has 0 radical (unpaired) electrons. The first kappa shape index (κ1) is 14.8. The topological polar surface area (TPSA) is 35.6 Å². The fourth-order valence-corrected chi connectivity index (χ4v) is 3.17. The van der Waals surface area contributed by atoms with Crippen LogP contribution in [0.1, 0.15) is 45.4 Å². The lowest BCUT2D eigenvalue weighted by Crippen LogP contribution is -2.55. The maximum absolute atomic E-state index is 12.1. The van der Waals surface area contributed by atoms with Crippen molar-refractivity contribution in [1.29, 1.82) is 0 Å². The Morgan fingerprint density at radius 1 is 1.21 bits per heavy atom. The van der Waals surface area contributed by atoms with Gasteiger partial charge in [0.25, 0.3) is 0 Å². The molecular weight excluding hydrogens is 238 g/mol. The van der Waals surface area contributed by atoms with E-state index >= 15 is 0 Å². The molecule has 1 N–H and O–H groups in total. The summed E-state index contributed by atoms with van der Waals surface area (Å²) in [6, 6.07) is 0.700. The van der Waals surface area contributed by atoms with Crippen LogP contribution >= 0.6 is 0 Å². The molecule has 1 amide bonds. The van der Waals surface area contributed by atoms with Crippen LogP contribution in [0.3, 0.4) is 0 Å². The maximum atomic E-state index is 12.1. The number of nitrogens with one attached hydrogen (secondary N) is 1. The molecule has 0 spiro atoms. The van der Waals surface area contributed by atoms with Gasteiger partial charge in [-0.3, -0.25) is 9.69 Å². The van der Waals surface area contributed by atoms with Gasteiger partial charge in [0.15, 0.2) is 0 Å². The van der Waals surface area contributed by atoms with Crippen molar-refractivity contribution in [3.8, 4) is 0 Å². The minimum atomic E-state index is 0.370. The van der Waals surface area contributed by atoms with E-state index in [0.717, 1.165) is 45.6 Å². The van der Waals surface area contributed by atoms with Gasteiger partial charge in [0.05, 0.1) is 0 Å². The van der Waals surface area contributed by atoms with E-state index in [4.69, 9.17) is 0 Å². The minimum absolute atomic E-state index is 0.370. The van der Waals surface area contributed by atoms with Crippen LogP contribution in [-0.4, -0.2) is 61.0 Å².